The van der Waals surface area contributed by atoms with E-state index in [1.165, 1.54) is 4.68 Å². The fourth-order valence-corrected chi connectivity index (χ4v) is 11.8. The van der Waals surface area contributed by atoms with Crippen molar-refractivity contribution in [3.05, 3.63) is 65.0 Å². The lowest BCUT2D eigenvalue weighted by Gasteiger charge is -2.34. The number of hydrogen-bond donors (Lipinski definition) is 7. The van der Waals surface area contributed by atoms with E-state index < -0.39 is 64.8 Å². The number of aliphatic carboxylic acids is 1. The second-order valence-corrected chi connectivity index (χ2v) is 35.4. The van der Waals surface area contributed by atoms with E-state index in [1.807, 2.05) is 20.8 Å². The Bertz CT molecular complexity index is 3850. The van der Waals surface area contributed by atoms with Crippen molar-refractivity contribution < 1.29 is 96.0 Å². The fourth-order valence-electron chi connectivity index (χ4n) is 11.8. The molecule has 0 aliphatic carbocycles. The highest BCUT2D eigenvalue weighted by molar-refractivity contribution is 6.02. The van der Waals surface area contributed by atoms with Crippen LogP contribution in [0, 0.1) is 16.2 Å². The molecule has 3 aromatic heterocycles. The Hall–Kier alpha value is -10.5. The largest absolute Gasteiger partial charge is 0.481 e. The van der Waals surface area contributed by atoms with Crippen molar-refractivity contribution in [1.82, 2.24) is 76.9 Å². The second-order valence-electron chi connectivity index (χ2n) is 35.4. The molecule has 0 bridgehead atoms. The number of amides is 6. The van der Waals surface area contributed by atoms with Crippen molar-refractivity contribution in [2.24, 2.45) is 16.2 Å². The molecule has 0 unspecified atom stereocenters. The zero-order valence-corrected chi connectivity index (χ0v) is 72.7. The molecule has 0 saturated carbocycles. The van der Waals surface area contributed by atoms with Gasteiger partial charge in [-0.3, -0.25) is 38.1 Å². The number of Topliss-reactive ketones (excluding diaryl/α,β-unsaturated/α-hetero) is 2. The number of carbonyl (C=O) groups is 10. The van der Waals surface area contributed by atoms with Gasteiger partial charge in [-0.25, -0.2) is 23.9 Å². The van der Waals surface area contributed by atoms with E-state index in [4.69, 9.17) is 48.1 Å². The Morgan fingerprint density at radius 3 is 1.21 bits per heavy atom. The molecular weight excluding hydrogens is 1530 g/mol. The number of aryl methyl sites for hydroxylation is 3. The van der Waals surface area contributed by atoms with E-state index in [9.17, 15) is 47.9 Å². The second kappa shape index (κ2) is 53.7. The van der Waals surface area contributed by atoms with Crippen molar-refractivity contribution in [2.45, 2.75) is 359 Å². The summed E-state index contributed by atoms with van der Waals surface area (Å²) in [5, 5.41) is 52.2. The number of ether oxygens (including phenoxy) is 3. The smallest absolute Gasteiger partial charge is 0.373 e. The molecule has 35 heteroatoms. The number of carboxylic acid groups (broad SMARTS) is 1. The third-order valence-electron chi connectivity index (χ3n) is 17.9. The van der Waals surface area contributed by atoms with Gasteiger partial charge in [-0.2, -0.15) is 28.8 Å². The predicted octanol–water partition coefficient (Wildman–Crippen LogP) is 11.3. The van der Waals surface area contributed by atoms with E-state index in [1.54, 1.807) is 108 Å². The zero-order chi connectivity index (χ0) is 89.5. The highest BCUT2D eigenvalue weighted by Crippen LogP contribution is 2.30. The number of esters is 3. The Labute approximate surface area is 693 Å². The summed E-state index contributed by atoms with van der Waals surface area (Å²) in [4.78, 5) is 179. The first-order chi connectivity index (χ1) is 55.0. The lowest BCUT2D eigenvalue weighted by Crippen LogP contribution is -2.53. The van der Waals surface area contributed by atoms with Gasteiger partial charge in [0.05, 0.1) is 43.1 Å². The highest BCUT2D eigenvalue weighted by atomic mass is 16.6. The monoisotopic (exact) mass is 1660 g/mol. The average molecular weight is 1660 g/mol. The number of carbonyl (C=O) groups excluding carboxylic acids is 15. The van der Waals surface area contributed by atoms with Crippen LogP contribution in [-0.4, -0.2) is 169 Å². The number of nitrogens with one attached hydrogen (secondary N) is 6. The number of aromatic nitrogens is 9. The van der Waals surface area contributed by atoms with Crippen LogP contribution in [0.5, 0.6) is 0 Å². The predicted molar refractivity (Wildman–Crippen MR) is 430 cm³/mol. The maximum Gasteiger partial charge on any atom is 0.373 e. The minimum atomic E-state index is -1.07. The minimum absolute atomic E-state index is 0.00610. The molecule has 0 radical (unpaired) electrons. The molecule has 1 aromatic carbocycles. The van der Waals surface area contributed by atoms with Gasteiger partial charge in [0.1, 0.15) is 40.3 Å². The molecule has 3 heterocycles. The van der Waals surface area contributed by atoms with Crippen molar-refractivity contribution >= 4 is 77.8 Å². The topological polar surface area (TPSA) is 485 Å². The number of unbranched alkanes of at least 4 members (excludes halogenated alkanes) is 9. The number of benzene rings is 1. The molecule has 0 saturated heterocycles. The lowest BCUT2D eigenvalue weighted by molar-refractivity contribution is -0.193. The molecule has 7 N–H and O–H groups in total. The average Bonchev–Trinajstić information content (AvgIpc) is 1.58. The quantitative estimate of drug-likeness (QED) is 0.00935. The Morgan fingerprint density at radius 2 is 0.805 bits per heavy atom. The van der Waals surface area contributed by atoms with Gasteiger partial charge in [0.2, 0.25) is 11.8 Å². The third-order valence-corrected chi connectivity index (χ3v) is 17.9. The van der Waals surface area contributed by atoms with Crippen molar-refractivity contribution in [3.8, 4) is 5.69 Å². The van der Waals surface area contributed by atoms with Crippen LogP contribution in [0.2, 0.25) is 0 Å². The lowest BCUT2D eigenvalue weighted by atomic mass is 9.80. The molecule has 0 aliphatic rings. The minimum Gasteiger partial charge on any atom is -0.481 e. The number of rotatable bonds is 47. The van der Waals surface area contributed by atoms with E-state index >= 15 is 0 Å². The Balaban J connectivity index is 0.00000737. The first-order valence-corrected chi connectivity index (χ1v) is 40.5. The molecule has 4 atom stereocenters. The van der Waals surface area contributed by atoms with Crippen LogP contribution in [0.1, 0.15) is 323 Å². The van der Waals surface area contributed by atoms with Crippen LogP contribution >= 0.6 is 0 Å². The van der Waals surface area contributed by atoms with Crippen molar-refractivity contribution in [3.63, 3.8) is 0 Å². The van der Waals surface area contributed by atoms with Gasteiger partial charge in [0.25, 0.3) is 0 Å². The Morgan fingerprint density at radius 1 is 0.415 bits per heavy atom. The highest BCUT2D eigenvalue weighted by Gasteiger charge is 2.34. The molecule has 0 fully saturated rings. The summed E-state index contributed by atoms with van der Waals surface area (Å²) in [7, 11) is 0. The van der Waals surface area contributed by atoms with E-state index in [2.05, 4.69) is 104 Å². The summed E-state index contributed by atoms with van der Waals surface area (Å²) < 4.78 is 21.6. The normalized spacial score (nSPS) is 12.5. The van der Waals surface area contributed by atoms with Gasteiger partial charge < -0.3 is 51.2 Å². The third kappa shape index (κ3) is 50.2. The molecule has 35 nitrogen and oxygen atoms in total. The molecule has 4 aromatic rings. The van der Waals surface area contributed by atoms with Crippen LogP contribution < -0.4 is 31.9 Å². The van der Waals surface area contributed by atoms with E-state index in [0.29, 0.717) is 156 Å². The number of carboxylic acids is 1. The number of nitrogens with zero attached hydrogens (tertiary/aromatic N) is 9. The van der Waals surface area contributed by atoms with Gasteiger partial charge in [-0.15, -0.1) is 15.3 Å². The molecular formula is C83H131N15O20. The first kappa shape index (κ1) is 105. The summed E-state index contributed by atoms with van der Waals surface area (Å²) in [6.45, 7) is 36.2. The van der Waals surface area contributed by atoms with Crippen LogP contribution in [0.4, 0.5) is 9.59 Å². The fraction of sp³-hybridized carbons (Fsp3) is 0.699. The zero-order valence-electron chi connectivity index (χ0n) is 72.7. The molecule has 4 rings (SSSR count). The maximum absolute atomic E-state index is 13.8. The van der Waals surface area contributed by atoms with Crippen LogP contribution in [0.3, 0.4) is 0 Å². The first-order valence-electron chi connectivity index (χ1n) is 40.5. The summed E-state index contributed by atoms with van der Waals surface area (Å²) in [6, 6.07) is 1.80. The molecule has 118 heavy (non-hydrogen) atoms. The van der Waals surface area contributed by atoms with Crippen LogP contribution in [0.25, 0.3) is 5.69 Å². The number of ketones is 2. The molecule has 0 aliphatic heterocycles. The number of urea groups is 2. The summed E-state index contributed by atoms with van der Waals surface area (Å²) in [5.74, 6) is -3.05. The van der Waals surface area contributed by atoms with E-state index in [0.717, 1.165) is 25.7 Å². The van der Waals surface area contributed by atoms with E-state index in [-0.39, 0.29) is 115 Å². The standard InChI is InChI=1S/C80H131N15O14.3CO2/c1-75(2,3)44-43-66(77(7,8)9)86-73(105)83-61(71(103)108-79(13,14)15)34-29-31-45-93-52-58(88-90-93)50-81-67(98)38-25-21-19-23-35-63(96)55-47-56(49-60(48-55)95-54-57(87-92-95)33-27-28-40-69(100)101)64(97)36-24-20-22-26-39-68(99)82-51-59-53-94(91-89-59)46-32-30-37-65(76(4,5)6)85-74(106)84-62(72(104)109-80(16,17)18)41-42-70(102)107-78(10,11)12;3*2-1-3/h47-49,52-54,61-62,65-66H,19-46,50-51H2,1-18H3,(H,81,98)(H,82,99)(H,100,101)(H2,83,86,105)(H2,84,85,106);;;/t61-,62-,65-,66-;;;/m0.../s1. The van der Waals surface area contributed by atoms with Crippen LogP contribution in [-0.2, 0) is 104 Å². The molecule has 658 valence electrons. The number of hydrogen-bond acceptors (Lipinski definition) is 25. The summed E-state index contributed by atoms with van der Waals surface area (Å²) >= 11 is 0. The molecule has 0 spiro atoms. The SMILES string of the molecule is CC(C)(C)CC[C@H](NC(=O)N[C@@H](CCCCn1cc(CNC(=O)CCCCCCC(=O)c2cc(C(=O)CCCCCCC(=O)NCc3cn(CCCC[C@H](NC(=O)N[C@@H](CCC(=O)OC(C)(C)C)C(=O)OC(C)(C)C)C(C)(C)C)nn3)cc(-n3cc(CCCCC(=O)O)nn3)c2)nn1)C(=O)OC(C)(C)C)C(C)(C)C.O=C=O.O=C=O.O=C=O. The van der Waals surface area contributed by atoms with Gasteiger partial charge in [-0.05, 0) is 199 Å². The Kier molecular flexibility index (Phi) is 48.0. The van der Waals surface area contributed by atoms with Gasteiger partial charge in [0, 0.05) is 74.8 Å². The molecule has 6 amide bonds. The van der Waals surface area contributed by atoms with Crippen molar-refractivity contribution in [2.75, 3.05) is 0 Å². The van der Waals surface area contributed by atoms with Crippen molar-refractivity contribution in [1.29, 1.82) is 0 Å². The van der Waals surface area contributed by atoms with Gasteiger partial charge >= 0.3 is 54.4 Å². The van der Waals surface area contributed by atoms with Crippen LogP contribution in [0.15, 0.2) is 36.8 Å². The summed E-state index contributed by atoms with van der Waals surface area (Å²) in [5.41, 5.74) is 0.423. The van der Waals surface area contributed by atoms with Gasteiger partial charge in [-0.1, -0.05) is 104 Å². The van der Waals surface area contributed by atoms with Gasteiger partial charge in [0.15, 0.2) is 11.6 Å². The summed E-state index contributed by atoms with van der Waals surface area (Å²) in [6.07, 6.45) is 19.3. The maximum atomic E-state index is 13.8.